The first-order valence-electron chi connectivity index (χ1n) is 38.3. The molecule has 5 aromatic rings. The predicted molar refractivity (Wildman–Crippen MR) is 420 cm³/mol. The largest absolute Gasteiger partial charge is 0.394 e. The molecule has 1 saturated heterocycles. The van der Waals surface area contributed by atoms with Gasteiger partial charge in [0.25, 0.3) is 0 Å². The molecule has 0 bridgehead atoms. The molecule has 32 heteroatoms. The van der Waals surface area contributed by atoms with Crippen LogP contribution in [0.4, 0.5) is 4.39 Å². The molecule has 1 fully saturated rings. The molecule has 3 heterocycles. The summed E-state index contributed by atoms with van der Waals surface area (Å²) in [7, 11) is 0. The van der Waals surface area contributed by atoms with Gasteiger partial charge in [-0.05, 0) is 156 Å². The van der Waals surface area contributed by atoms with E-state index in [9.17, 15) is 52.6 Å². The Bertz CT molecular complexity index is 3920. The van der Waals surface area contributed by atoms with E-state index in [4.69, 9.17) is 5.73 Å². The number of nitrogens with one attached hydrogen (secondary N) is 13. The quantitative estimate of drug-likeness (QED) is 0.0149. The van der Waals surface area contributed by atoms with Crippen LogP contribution in [0, 0.1) is 11.7 Å². The van der Waals surface area contributed by atoms with E-state index >= 15 is 9.59 Å². The van der Waals surface area contributed by atoms with Crippen molar-refractivity contribution in [1.29, 1.82) is 0 Å². The van der Waals surface area contributed by atoms with Crippen LogP contribution in [0.2, 0.25) is 0 Å². The molecule has 0 aliphatic carbocycles. The number of pyridine rings is 2. The first-order valence-corrected chi connectivity index (χ1v) is 38.3. The van der Waals surface area contributed by atoms with Crippen LogP contribution < -0.4 is 74.9 Å². The van der Waals surface area contributed by atoms with Crippen LogP contribution in [0.5, 0.6) is 0 Å². The van der Waals surface area contributed by atoms with Crippen LogP contribution in [0.3, 0.4) is 0 Å². The molecule has 602 valence electrons. The molecular weight excluding hydrogens is 1430 g/mol. The number of halogens is 1. The fraction of sp³-hybridized carbons (Fsp3) is 0.506. The first kappa shape index (κ1) is 88.7. The lowest BCUT2D eigenvalue weighted by molar-refractivity contribution is -0.142. The number of carbonyl (C=O) groups excluding carboxylic acids is 11. The monoisotopic (exact) mass is 1540 g/mol. The van der Waals surface area contributed by atoms with Crippen LogP contribution in [-0.4, -0.2) is 210 Å². The number of carbonyl (C=O) groups is 11. The molecule has 31 nitrogen and oxygen atoms in total. The lowest BCUT2D eigenvalue weighted by atomic mass is 9.99. The van der Waals surface area contributed by atoms with Gasteiger partial charge in [0.15, 0.2) is 11.9 Å². The molecule has 0 spiro atoms. The molecule has 1 aliphatic heterocycles. The number of guanidine groups is 2. The summed E-state index contributed by atoms with van der Waals surface area (Å²) in [6, 6.07) is 11.4. The van der Waals surface area contributed by atoms with Crippen LogP contribution in [0.25, 0.3) is 10.8 Å². The van der Waals surface area contributed by atoms with Crippen molar-refractivity contribution in [1.82, 2.24) is 84.0 Å². The van der Waals surface area contributed by atoms with Gasteiger partial charge < -0.3 is 84.9 Å². The molecule has 10 atom stereocenters. The Kier molecular flexibility index (Phi) is 37.6. The number of benzene rings is 3. The second-order valence-electron chi connectivity index (χ2n) is 27.7. The van der Waals surface area contributed by atoms with Gasteiger partial charge >= 0.3 is 0 Å². The summed E-state index contributed by atoms with van der Waals surface area (Å²) in [4.78, 5) is 176. The maximum atomic E-state index is 15.1. The number of aliphatic hydroxyl groups excluding tert-OH is 1. The number of fused-ring (bicyclic) bond motifs is 1. The summed E-state index contributed by atoms with van der Waals surface area (Å²) in [5.74, 6) is -8.26. The first-order chi connectivity index (χ1) is 53.3. The zero-order chi connectivity index (χ0) is 80.8. The van der Waals surface area contributed by atoms with Gasteiger partial charge in [0.1, 0.15) is 66.2 Å². The van der Waals surface area contributed by atoms with Crippen molar-refractivity contribution in [3.63, 3.8) is 0 Å². The summed E-state index contributed by atoms with van der Waals surface area (Å²) in [5, 5.41) is 50.0. The van der Waals surface area contributed by atoms with Crippen molar-refractivity contribution in [2.75, 3.05) is 52.4 Å². The molecule has 3 aromatic carbocycles. The van der Waals surface area contributed by atoms with Gasteiger partial charge in [-0.2, -0.15) is 0 Å². The van der Waals surface area contributed by atoms with Crippen LogP contribution in [0.15, 0.2) is 126 Å². The number of nitrogens with two attached hydrogens (primary N) is 1. The van der Waals surface area contributed by atoms with Gasteiger partial charge in [-0.15, -0.1) is 0 Å². The van der Waals surface area contributed by atoms with Crippen molar-refractivity contribution in [3.8, 4) is 0 Å². The van der Waals surface area contributed by atoms with Gasteiger partial charge in [0.2, 0.25) is 65.0 Å². The Balaban J connectivity index is 1.28. The zero-order valence-electron chi connectivity index (χ0n) is 64.8. The van der Waals surface area contributed by atoms with Crippen molar-refractivity contribution >= 4 is 87.7 Å². The number of rotatable bonds is 44. The third-order valence-electron chi connectivity index (χ3n) is 18.3. The SMILES string of the molecule is CCNC(=NCCCC[C@H](NC(=O)[C@H](CO)NC(=O)[C@H](Cc1cccnc1)NC(=O)[C@@H](Cc1ccc(F)cc1)NC(=O)[C@@H](Cc1ccc2ccccc2c1)NC(C)=O)C(=O)N[C@@H](Cc1cccnc1)C(=O)N[C@@H](CC(C)C)C(=O)N[C@@H](CCCCN=C(NCC)NCC)C(=O)N1CCC[C@H]1C(=O)N[C@H](C)C(N)=O)NCC. The standard InChI is InChI=1S/C79H112FN19O12/c1-9-84-78(85-10-2)88-37-17-15-26-59(69(103)95-64(44-54-22-19-35-82-46-54)73(107)94-61(40-49(5)6)70(104)93-60(27-16-18-38-89-79(86-11-3)87-12-4)77(111)99-39-21-28-67(99)76(110)90-50(7)68(81)102)92-75(109)66(48-100)98-74(108)65(45-55-23-20-36-83-47-55)97-72(106)63(42-52-30-33-58(80)34-31-52)96-71(105)62(91-51(8)101)43-53-29-32-56-24-13-14-25-57(56)41-53/h13-14,19-20,22-25,29-36,41,46-47,49-50,59-67,100H,9-12,15-18,21,26-28,37-40,42-45,48H2,1-8H3,(H2,81,102)(H,90,110)(H,91,101)(H,92,109)(H,93,104)(H,94,107)(H,95,103)(H,96,105)(H,97,106)(H,98,108)(H2,84,85,88)(H2,86,87,89)/t50-,59+,60+,61+,62-,63-,64+,65+,66+,67+/m1/s1. The van der Waals surface area contributed by atoms with Crippen LogP contribution in [-0.2, 0) is 78.4 Å². The number of nitrogens with zero attached hydrogens (tertiary/aromatic N) is 5. The van der Waals surface area contributed by atoms with Crippen LogP contribution in [0.1, 0.15) is 135 Å². The highest BCUT2D eigenvalue weighted by Gasteiger charge is 2.40. The molecule has 0 unspecified atom stereocenters. The smallest absolute Gasteiger partial charge is 0.245 e. The second-order valence-corrected chi connectivity index (χ2v) is 27.7. The molecule has 6 rings (SSSR count). The highest BCUT2D eigenvalue weighted by atomic mass is 19.1. The van der Waals surface area contributed by atoms with Gasteiger partial charge in [-0.3, -0.25) is 72.7 Å². The number of primary amides is 1. The highest BCUT2D eigenvalue weighted by molar-refractivity contribution is 5.99. The molecule has 16 N–H and O–H groups in total. The lowest BCUT2D eigenvalue weighted by Crippen LogP contribution is -2.61. The molecular formula is C79H112FN19O12. The Morgan fingerprint density at radius 1 is 0.505 bits per heavy atom. The van der Waals surface area contributed by atoms with Gasteiger partial charge in [0.05, 0.1) is 6.61 Å². The summed E-state index contributed by atoms with van der Waals surface area (Å²) < 4.78 is 14.3. The minimum atomic E-state index is -1.80. The molecule has 11 amide bonds. The van der Waals surface area contributed by atoms with Crippen molar-refractivity contribution < 1.29 is 62.2 Å². The minimum absolute atomic E-state index is 0.0131. The number of aromatic nitrogens is 2. The number of aliphatic hydroxyl groups is 1. The van der Waals surface area contributed by atoms with Crippen molar-refractivity contribution in [2.45, 2.75) is 199 Å². The third kappa shape index (κ3) is 30.3. The summed E-state index contributed by atoms with van der Waals surface area (Å²) in [6.07, 6.45) is 7.61. The van der Waals surface area contributed by atoms with Crippen molar-refractivity contribution in [3.05, 3.63) is 144 Å². The van der Waals surface area contributed by atoms with Gasteiger partial charge in [0, 0.05) is 103 Å². The molecule has 0 saturated carbocycles. The Labute approximate surface area is 648 Å². The zero-order valence-corrected chi connectivity index (χ0v) is 64.8. The topological polar surface area (TPSA) is 444 Å². The summed E-state index contributed by atoms with van der Waals surface area (Å²) in [5.41, 5.74) is 7.50. The average Bonchev–Trinajstić information content (AvgIpc) is 1.82. The van der Waals surface area contributed by atoms with E-state index < -0.39 is 138 Å². The Morgan fingerprint density at radius 3 is 1.42 bits per heavy atom. The fourth-order valence-corrected chi connectivity index (χ4v) is 12.6. The number of hydrogen-bond donors (Lipinski definition) is 15. The number of hydrogen-bond acceptors (Lipinski definition) is 16. The number of aliphatic imine (C=N–C) groups is 2. The summed E-state index contributed by atoms with van der Waals surface area (Å²) in [6.45, 7) is 16.2. The number of unbranched alkanes of at least 4 members (excludes halogenated alkanes) is 2. The maximum absolute atomic E-state index is 15.1. The van der Waals surface area contributed by atoms with E-state index in [-0.39, 0.29) is 76.8 Å². The van der Waals surface area contributed by atoms with Crippen LogP contribution >= 0.6 is 0 Å². The Morgan fingerprint density at radius 2 is 0.937 bits per heavy atom. The normalized spacial score (nSPS) is 14.8. The van der Waals surface area contributed by atoms with E-state index in [0.717, 1.165) is 10.8 Å². The Hall–Kier alpha value is -11.2. The van der Waals surface area contributed by atoms with Gasteiger partial charge in [-0.1, -0.05) is 80.6 Å². The average molecular weight is 1540 g/mol. The predicted octanol–water partition coefficient (Wildman–Crippen LogP) is 1.45. The van der Waals surface area contributed by atoms with E-state index in [1.807, 2.05) is 84.0 Å². The van der Waals surface area contributed by atoms with Crippen molar-refractivity contribution in [2.24, 2.45) is 21.6 Å². The minimum Gasteiger partial charge on any atom is -0.394 e. The second kappa shape index (κ2) is 47.0. The fourth-order valence-electron chi connectivity index (χ4n) is 12.6. The third-order valence-corrected chi connectivity index (χ3v) is 18.3. The molecule has 111 heavy (non-hydrogen) atoms. The number of likely N-dealkylation sites (tertiary alicyclic amines) is 1. The van der Waals surface area contributed by atoms with E-state index in [2.05, 4.69) is 89.1 Å². The summed E-state index contributed by atoms with van der Waals surface area (Å²) >= 11 is 0. The van der Waals surface area contributed by atoms with E-state index in [1.54, 1.807) is 24.3 Å². The molecule has 2 aromatic heterocycles. The molecule has 1 aliphatic rings. The molecule has 0 radical (unpaired) electrons. The van der Waals surface area contributed by atoms with Gasteiger partial charge in [-0.25, -0.2) is 4.39 Å². The van der Waals surface area contributed by atoms with E-state index in [1.165, 1.54) is 67.8 Å². The van der Waals surface area contributed by atoms with E-state index in [0.29, 0.717) is 92.6 Å². The highest BCUT2D eigenvalue weighted by Crippen LogP contribution is 2.22. The lowest BCUT2D eigenvalue weighted by Gasteiger charge is -2.31. The number of amides is 11. The maximum Gasteiger partial charge on any atom is 0.245 e.